The number of carbonyl (C=O) groups excluding carboxylic acids is 1. The Bertz CT molecular complexity index is 850. The number of rotatable bonds is 5. The summed E-state index contributed by atoms with van der Waals surface area (Å²) < 4.78 is 0. The fraction of sp³-hybridized carbons (Fsp3) is 0.238. The highest BCUT2D eigenvalue weighted by Gasteiger charge is 2.28. The van der Waals surface area contributed by atoms with E-state index in [1.54, 1.807) is 24.3 Å². The third-order valence-electron chi connectivity index (χ3n) is 4.47. The molecule has 5 heteroatoms. The number of amides is 1. The van der Waals surface area contributed by atoms with E-state index < -0.39 is 0 Å². The zero-order chi connectivity index (χ0) is 18.7. The van der Waals surface area contributed by atoms with Crippen LogP contribution in [0.5, 0.6) is 0 Å². The molecular weight excluding hydrogens is 346 g/mol. The predicted octanol–water partition coefficient (Wildman–Crippen LogP) is 4.99. The summed E-state index contributed by atoms with van der Waals surface area (Å²) >= 11 is 5.92. The molecule has 0 fully saturated rings. The average Bonchev–Trinajstić information content (AvgIpc) is 2.93. The maximum absolute atomic E-state index is 12.8. The second-order valence-electron chi connectivity index (χ2n) is 6.10. The first-order valence-electron chi connectivity index (χ1n) is 8.75. The molecule has 0 spiro atoms. The summed E-state index contributed by atoms with van der Waals surface area (Å²) in [5.74, 6) is -0.127. The minimum absolute atomic E-state index is 0.127. The third kappa shape index (κ3) is 3.65. The van der Waals surface area contributed by atoms with Gasteiger partial charge in [-0.05, 0) is 68.8 Å². The second-order valence-corrected chi connectivity index (χ2v) is 6.54. The minimum Gasteiger partial charge on any atom is -0.372 e. The molecule has 0 radical (unpaired) electrons. The molecule has 3 rings (SSSR count). The van der Waals surface area contributed by atoms with Crippen LogP contribution < -0.4 is 9.91 Å². The Morgan fingerprint density at radius 1 is 1.04 bits per heavy atom. The first-order chi connectivity index (χ1) is 12.5. The van der Waals surface area contributed by atoms with Gasteiger partial charge in [0, 0.05) is 23.8 Å². The van der Waals surface area contributed by atoms with Gasteiger partial charge >= 0.3 is 0 Å². The molecule has 2 aromatic carbocycles. The van der Waals surface area contributed by atoms with Crippen LogP contribution in [0.4, 0.5) is 11.4 Å². The summed E-state index contributed by atoms with van der Waals surface area (Å²) in [5.41, 5.74) is 4.19. The summed E-state index contributed by atoms with van der Waals surface area (Å²) in [6.45, 7) is 8.07. The molecule has 0 bridgehead atoms. The number of anilines is 2. The van der Waals surface area contributed by atoms with Gasteiger partial charge in [0.2, 0.25) is 0 Å². The molecule has 2 aromatic rings. The lowest BCUT2D eigenvalue weighted by molar-refractivity contribution is -0.114. The topological polar surface area (TPSA) is 35.9 Å². The molecule has 0 aromatic heterocycles. The third-order valence-corrected chi connectivity index (χ3v) is 4.72. The van der Waals surface area contributed by atoms with Gasteiger partial charge in [-0.1, -0.05) is 23.7 Å². The molecule has 134 valence electrons. The van der Waals surface area contributed by atoms with Crippen LogP contribution in [0, 0.1) is 0 Å². The van der Waals surface area contributed by atoms with Gasteiger partial charge in [0.25, 0.3) is 5.91 Å². The summed E-state index contributed by atoms with van der Waals surface area (Å²) in [7, 11) is 0. The maximum atomic E-state index is 12.8. The fourth-order valence-corrected chi connectivity index (χ4v) is 3.10. The molecule has 1 amide bonds. The van der Waals surface area contributed by atoms with Crippen LogP contribution in [0.3, 0.4) is 0 Å². The second kappa shape index (κ2) is 7.75. The van der Waals surface area contributed by atoms with Gasteiger partial charge in [0.15, 0.2) is 0 Å². The van der Waals surface area contributed by atoms with Crippen molar-refractivity contribution >= 4 is 40.7 Å². The molecule has 0 saturated carbocycles. The van der Waals surface area contributed by atoms with E-state index in [1.165, 1.54) is 10.7 Å². The number of benzene rings is 2. The molecule has 1 aliphatic rings. The van der Waals surface area contributed by atoms with Crippen LogP contribution >= 0.6 is 11.6 Å². The normalized spacial score (nSPS) is 15.5. The van der Waals surface area contributed by atoms with Crippen LogP contribution in [0.1, 0.15) is 26.3 Å². The van der Waals surface area contributed by atoms with Crippen LogP contribution in [-0.4, -0.2) is 24.7 Å². The van der Waals surface area contributed by atoms with Crippen molar-refractivity contribution in [3.05, 3.63) is 64.7 Å². The molecule has 0 unspecified atom stereocenters. The Labute approximate surface area is 159 Å². The quantitative estimate of drug-likeness (QED) is 0.698. The summed E-state index contributed by atoms with van der Waals surface area (Å²) in [6.07, 6.45) is 1.89. The van der Waals surface area contributed by atoms with Crippen LogP contribution in [0.15, 0.2) is 59.2 Å². The average molecular weight is 368 g/mol. The number of carbonyl (C=O) groups is 1. The van der Waals surface area contributed by atoms with Crippen molar-refractivity contribution in [1.82, 2.24) is 0 Å². The van der Waals surface area contributed by atoms with Gasteiger partial charge in [0.1, 0.15) is 0 Å². The van der Waals surface area contributed by atoms with E-state index in [1.807, 2.05) is 25.1 Å². The molecule has 0 aliphatic carbocycles. The monoisotopic (exact) mass is 367 g/mol. The summed E-state index contributed by atoms with van der Waals surface area (Å²) in [5, 5.41) is 6.45. The van der Waals surface area contributed by atoms with Gasteiger partial charge in [-0.3, -0.25) is 4.79 Å². The van der Waals surface area contributed by atoms with Gasteiger partial charge in [-0.2, -0.15) is 10.1 Å². The number of halogens is 1. The van der Waals surface area contributed by atoms with E-state index in [0.717, 1.165) is 18.7 Å². The lowest BCUT2D eigenvalue weighted by atomic mass is 10.1. The van der Waals surface area contributed by atoms with Gasteiger partial charge in [0.05, 0.1) is 17.0 Å². The van der Waals surface area contributed by atoms with Gasteiger partial charge < -0.3 is 4.90 Å². The number of nitrogens with zero attached hydrogens (tertiary/aromatic N) is 3. The van der Waals surface area contributed by atoms with E-state index in [0.29, 0.717) is 22.0 Å². The number of hydrazone groups is 1. The van der Waals surface area contributed by atoms with E-state index in [-0.39, 0.29) is 5.91 Å². The predicted molar refractivity (Wildman–Crippen MR) is 110 cm³/mol. The molecule has 4 nitrogen and oxygen atoms in total. The summed E-state index contributed by atoms with van der Waals surface area (Å²) in [4.78, 5) is 15.1. The maximum Gasteiger partial charge on any atom is 0.280 e. The van der Waals surface area contributed by atoms with Crippen molar-refractivity contribution < 1.29 is 4.79 Å². The highest BCUT2D eigenvalue weighted by atomic mass is 35.5. The van der Waals surface area contributed by atoms with Crippen LogP contribution in [0.2, 0.25) is 5.02 Å². The number of hydrogen-bond acceptors (Lipinski definition) is 3. The Kier molecular flexibility index (Phi) is 5.43. The zero-order valence-corrected chi connectivity index (χ0v) is 16.0. The van der Waals surface area contributed by atoms with Crippen molar-refractivity contribution in [1.29, 1.82) is 0 Å². The van der Waals surface area contributed by atoms with Gasteiger partial charge in [-0.25, -0.2) is 0 Å². The van der Waals surface area contributed by atoms with Crippen molar-refractivity contribution in [3.63, 3.8) is 0 Å². The molecular formula is C21H22ClN3O. The number of hydrogen-bond donors (Lipinski definition) is 0. The van der Waals surface area contributed by atoms with E-state index in [4.69, 9.17) is 11.6 Å². The molecule has 1 aliphatic heterocycles. The Morgan fingerprint density at radius 3 is 2.23 bits per heavy atom. The zero-order valence-electron chi connectivity index (χ0n) is 15.2. The van der Waals surface area contributed by atoms with Gasteiger partial charge in [-0.15, -0.1) is 0 Å². The van der Waals surface area contributed by atoms with Crippen LogP contribution in [-0.2, 0) is 4.79 Å². The largest absolute Gasteiger partial charge is 0.372 e. The molecule has 0 saturated heterocycles. The first kappa shape index (κ1) is 18.2. The smallest absolute Gasteiger partial charge is 0.280 e. The Balaban J connectivity index is 1.84. The first-order valence-corrected chi connectivity index (χ1v) is 9.13. The van der Waals surface area contributed by atoms with Crippen molar-refractivity contribution in [2.24, 2.45) is 5.10 Å². The van der Waals surface area contributed by atoms with E-state index >= 15 is 0 Å². The fourth-order valence-electron chi connectivity index (χ4n) is 2.98. The highest BCUT2D eigenvalue weighted by molar-refractivity contribution is 6.32. The van der Waals surface area contributed by atoms with Crippen molar-refractivity contribution in [2.75, 3.05) is 23.0 Å². The van der Waals surface area contributed by atoms with Crippen molar-refractivity contribution in [2.45, 2.75) is 20.8 Å². The molecule has 0 atom stereocenters. The van der Waals surface area contributed by atoms with Crippen molar-refractivity contribution in [3.8, 4) is 0 Å². The van der Waals surface area contributed by atoms with E-state index in [9.17, 15) is 4.79 Å². The molecule has 1 heterocycles. The highest BCUT2D eigenvalue weighted by Crippen LogP contribution is 2.26. The van der Waals surface area contributed by atoms with E-state index in [2.05, 4.69) is 36.0 Å². The Morgan fingerprint density at radius 2 is 1.65 bits per heavy atom. The SMILES string of the molecule is CCN(CC)c1ccc(/C=C2\C(=O)N(c3ccc(Cl)cc3)N=C2C)cc1. The standard InChI is InChI=1S/C21H22ClN3O/c1-4-24(5-2)18-10-6-16(7-11-18)14-20-15(3)23-25(21(20)26)19-12-8-17(22)9-13-19/h6-14H,4-5H2,1-3H3/b20-14-. The summed E-state index contributed by atoms with van der Waals surface area (Å²) in [6, 6.07) is 15.3. The molecule has 26 heavy (non-hydrogen) atoms. The molecule has 0 N–H and O–H groups in total. The minimum atomic E-state index is -0.127. The lowest BCUT2D eigenvalue weighted by Gasteiger charge is -2.20. The van der Waals surface area contributed by atoms with Crippen LogP contribution in [0.25, 0.3) is 6.08 Å². The lowest BCUT2D eigenvalue weighted by Crippen LogP contribution is -2.21. The Hall–Kier alpha value is -2.59.